The molecule has 0 aromatic rings. The van der Waals surface area contributed by atoms with Gasteiger partial charge in [0.2, 0.25) is 5.91 Å². The van der Waals surface area contributed by atoms with Gasteiger partial charge < -0.3 is 9.64 Å². The number of carbonyl (C=O) groups is 1. The van der Waals surface area contributed by atoms with Crippen molar-refractivity contribution in [2.24, 2.45) is 11.8 Å². The lowest BCUT2D eigenvalue weighted by molar-refractivity contribution is -0.142. The summed E-state index contributed by atoms with van der Waals surface area (Å²) in [6, 6.07) is 0.845. The standard InChI is InChI=1S/C15H27NO2/c1-4-14(13-6-5-9-18-10-13)15(17)16-11(2)7-8-12(16)3/h11-14H,4-10H2,1-3H3/t11-,12?,13?,14?/m1/s1. The van der Waals surface area contributed by atoms with E-state index in [9.17, 15) is 4.79 Å². The van der Waals surface area contributed by atoms with Crippen molar-refractivity contribution < 1.29 is 9.53 Å². The zero-order chi connectivity index (χ0) is 13.1. The number of rotatable bonds is 3. The Labute approximate surface area is 111 Å². The van der Waals surface area contributed by atoms with Crippen LogP contribution in [0.3, 0.4) is 0 Å². The van der Waals surface area contributed by atoms with Crippen molar-refractivity contribution in [1.29, 1.82) is 0 Å². The molecule has 3 heteroatoms. The number of nitrogens with zero attached hydrogens (tertiary/aromatic N) is 1. The van der Waals surface area contributed by atoms with Crippen molar-refractivity contribution in [2.75, 3.05) is 13.2 Å². The lowest BCUT2D eigenvalue weighted by Gasteiger charge is -2.35. The quantitative estimate of drug-likeness (QED) is 0.774. The van der Waals surface area contributed by atoms with Gasteiger partial charge >= 0.3 is 0 Å². The Morgan fingerprint density at radius 3 is 2.44 bits per heavy atom. The maximum atomic E-state index is 12.8. The average molecular weight is 253 g/mol. The Balaban J connectivity index is 2.04. The van der Waals surface area contributed by atoms with Crippen LogP contribution in [0.25, 0.3) is 0 Å². The molecule has 0 radical (unpaired) electrons. The Kier molecular flexibility index (Phi) is 4.66. The van der Waals surface area contributed by atoms with Crippen LogP contribution in [0, 0.1) is 11.8 Å². The van der Waals surface area contributed by atoms with Crippen LogP contribution in [-0.4, -0.2) is 36.1 Å². The van der Waals surface area contributed by atoms with Crippen LogP contribution in [0.5, 0.6) is 0 Å². The minimum atomic E-state index is 0.174. The smallest absolute Gasteiger partial charge is 0.226 e. The van der Waals surface area contributed by atoms with Gasteiger partial charge in [0, 0.05) is 24.6 Å². The van der Waals surface area contributed by atoms with Crippen molar-refractivity contribution in [3.63, 3.8) is 0 Å². The van der Waals surface area contributed by atoms with E-state index >= 15 is 0 Å². The first-order valence-corrected chi connectivity index (χ1v) is 7.55. The summed E-state index contributed by atoms with van der Waals surface area (Å²) in [5, 5.41) is 0. The second-order valence-electron chi connectivity index (χ2n) is 6.01. The van der Waals surface area contributed by atoms with Crippen molar-refractivity contribution >= 4 is 5.91 Å². The van der Waals surface area contributed by atoms with Crippen LogP contribution >= 0.6 is 0 Å². The third kappa shape index (κ3) is 2.71. The highest BCUT2D eigenvalue weighted by Crippen LogP contribution is 2.31. The minimum Gasteiger partial charge on any atom is -0.381 e. The zero-order valence-corrected chi connectivity index (χ0v) is 12.0. The Bertz CT molecular complexity index is 276. The highest BCUT2D eigenvalue weighted by atomic mass is 16.5. The van der Waals surface area contributed by atoms with Gasteiger partial charge in [-0.05, 0) is 51.9 Å². The predicted molar refractivity (Wildman–Crippen MR) is 72.3 cm³/mol. The van der Waals surface area contributed by atoms with Crippen molar-refractivity contribution in [3.05, 3.63) is 0 Å². The number of likely N-dealkylation sites (tertiary alicyclic amines) is 1. The van der Waals surface area contributed by atoms with Gasteiger partial charge in [-0.1, -0.05) is 6.92 Å². The maximum Gasteiger partial charge on any atom is 0.226 e. The predicted octanol–water partition coefficient (Wildman–Crippen LogP) is 2.84. The molecule has 2 rings (SSSR count). The molecule has 0 aromatic heterocycles. The van der Waals surface area contributed by atoms with Gasteiger partial charge in [-0.15, -0.1) is 0 Å². The molecule has 18 heavy (non-hydrogen) atoms. The van der Waals surface area contributed by atoms with Crippen molar-refractivity contribution in [2.45, 2.75) is 65.0 Å². The molecule has 0 bridgehead atoms. The van der Waals surface area contributed by atoms with E-state index in [1.165, 1.54) is 0 Å². The van der Waals surface area contributed by atoms with Gasteiger partial charge in [0.15, 0.2) is 0 Å². The second-order valence-corrected chi connectivity index (χ2v) is 6.01. The first-order chi connectivity index (χ1) is 8.65. The molecule has 2 fully saturated rings. The third-order valence-electron chi connectivity index (χ3n) is 4.73. The Morgan fingerprint density at radius 1 is 1.28 bits per heavy atom. The van der Waals surface area contributed by atoms with Crippen LogP contribution < -0.4 is 0 Å². The van der Waals surface area contributed by atoms with Crippen molar-refractivity contribution in [1.82, 2.24) is 4.90 Å². The summed E-state index contributed by atoms with van der Waals surface area (Å²) in [5.74, 6) is 0.995. The molecular weight excluding hydrogens is 226 g/mol. The number of ether oxygens (including phenoxy) is 1. The van der Waals surface area contributed by atoms with E-state index in [2.05, 4.69) is 25.7 Å². The van der Waals surface area contributed by atoms with Crippen LogP contribution in [0.4, 0.5) is 0 Å². The Hall–Kier alpha value is -0.570. The topological polar surface area (TPSA) is 29.5 Å². The first-order valence-electron chi connectivity index (χ1n) is 7.55. The van der Waals surface area contributed by atoms with E-state index in [0.717, 1.165) is 45.3 Å². The average Bonchev–Trinajstić information content (AvgIpc) is 2.71. The molecule has 2 aliphatic heterocycles. The fourth-order valence-corrected chi connectivity index (χ4v) is 3.61. The molecule has 4 atom stereocenters. The highest BCUT2D eigenvalue weighted by Gasteiger charge is 2.38. The monoisotopic (exact) mass is 253 g/mol. The molecule has 0 N–H and O–H groups in total. The molecule has 0 saturated carbocycles. The van der Waals surface area contributed by atoms with E-state index in [-0.39, 0.29) is 5.92 Å². The van der Waals surface area contributed by atoms with Gasteiger partial charge in [0.05, 0.1) is 6.61 Å². The fourth-order valence-electron chi connectivity index (χ4n) is 3.61. The minimum absolute atomic E-state index is 0.174. The molecule has 0 spiro atoms. The van der Waals surface area contributed by atoms with E-state index in [1.807, 2.05) is 0 Å². The lowest BCUT2D eigenvalue weighted by Crippen LogP contribution is -2.45. The van der Waals surface area contributed by atoms with E-state index in [1.54, 1.807) is 0 Å². The van der Waals surface area contributed by atoms with Crippen molar-refractivity contribution in [3.8, 4) is 0 Å². The zero-order valence-electron chi connectivity index (χ0n) is 12.0. The van der Waals surface area contributed by atoms with Crippen LogP contribution in [0.1, 0.15) is 52.9 Å². The lowest BCUT2D eigenvalue weighted by atomic mass is 9.84. The first kappa shape index (κ1) is 13.9. The highest BCUT2D eigenvalue weighted by molar-refractivity contribution is 5.80. The van der Waals surface area contributed by atoms with E-state index < -0.39 is 0 Å². The molecule has 2 saturated heterocycles. The second kappa shape index (κ2) is 6.05. The molecule has 1 amide bonds. The summed E-state index contributed by atoms with van der Waals surface area (Å²) in [7, 11) is 0. The summed E-state index contributed by atoms with van der Waals surface area (Å²) in [4.78, 5) is 14.9. The number of amides is 1. The van der Waals surface area contributed by atoms with Gasteiger partial charge in [0.1, 0.15) is 0 Å². The molecule has 104 valence electrons. The number of hydrogen-bond donors (Lipinski definition) is 0. The number of carbonyl (C=O) groups excluding carboxylic acids is 1. The van der Waals surface area contributed by atoms with Gasteiger partial charge in [-0.2, -0.15) is 0 Å². The van der Waals surface area contributed by atoms with Gasteiger partial charge in [0.25, 0.3) is 0 Å². The Morgan fingerprint density at radius 2 is 1.94 bits per heavy atom. The summed E-state index contributed by atoms with van der Waals surface area (Å²) >= 11 is 0. The molecule has 2 aliphatic rings. The normalized spacial score (nSPS) is 34.6. The van der Waals surface area contributed by atoms with E-state index in [4.69, 9.17) is 4.74 Å². The van der Waals surface area contributed by atoms with Gasteiger partial charge in [-0.25, -0.2) is 0 Å². The van der Waals surface area contributed by atoms with Crippen LogP contribution in [0.15, 0.2) is 0 Å². The van der Waals surface area contributed by atoms with Gasteiger partial charge in [-0.3, -0.25) is 4.79 Å². The largest absolute Gasteiger partial charge is 0.381 e. The SMILES string of the molecule is CCC(C(=O)N1C(C)CC[C@H]1C)C1CCCOC1. The fraction of sp³-hybridized carbons (Fsp3) is 0.933. The third-order valence-corrected chi connectivity index (χ3v) is 4.73. The molecular formula is C15H27NO2. The molecule has 0 aromatic carbocycles. The molecule has 0 aliphatic carbocycles. The summed E-state index contributed by atoms with van der Waals surface area (Å²) in [6.45, 7) is 8.16. The van der Waals surface area contributed by atoms with Crippen LogP contribution in [-0.2, 0) is 9.53 Å². The molecule has 3 unspecified atom stereocenters. The number of hydrogen-bond acceptors (Lipinski definition) is 2. The van der Waals surface area contributed by atoms with Crippen LogP contribution in [0.2, 0.25) is 0 Å². The molecule has 3 nitrogen and oxygen atoms in total. The summed E-state index contributed by atoms with van der Waals surface area (Å²) < 4.78 is 5.56. The summed E-state index contributed by atoms with van der Waals surface area (Å²) in [6.07, 6.45) is 5.53. The summed E-state index contributed by atoms with van der Waals surface area (Å²) in [5.41, 5.74) is 0. The van der Waals surface area contributed by atoms with E-state index in [0.29, 0.717) is 23.9 Å². The molecule has 2 heterocycles. The maximum absolute atomic E-state index is 12.8.